The molecular formula is C6H9O7-. The summed E-state index contributed by atoms with van der Waals surface area (Å²) in [5.74, 6) is -1.77. The Bertz CT molecular complexity index is 205. The average Bonchev–Trinajstić information content (AvgIpc) is 2.07. The number of aliphatic hydroxyl groups is 4. The van der Waals surface area contributed by atoms with Gasteiger partial charge in [-0.15, -0.1) is 0 Å². The Morgan fingerprint density at radius 1 is 1.08 bits per heavy atom. The van der Waals surface area contributed by atoms with Gasteiger partial charge in [0.1, 0.15) is 24.4 Å². The van der Waals surface area contributed by atoms with Crippen LogP contribution in [0.3, 0.4) is 0 Å². The molecule has 1 rings (SSSR count). The number of carbonyl (C=O) groups is 1. The Kier molecular flexibility index (Phi) is 2.84. The van der Waals surface area contributed by atoms with Crippen LogP contribution in [0.15, 0.2) is 0 Å². The lowest BCUT2D eigenvalue weighted by Gasteiger charge is -2.38. The van der Waals surface area contributed by atoms with Crippen molar-refractivity contribution in [3.63, 3.8) is 0 Å². The number of hydrogen-bond donors (Lipinski definition) is 4. The van der Waals surface area contributed by atoms with Crippen molar-refractivity contribution in [2.75, 3.05) is 0 Å². The first-order valence-corrected chi connectivity index (χ1v) is 3.53. The molecule has 76 valence electrons. The summed E-state index contributed by atoms with van der Waals surface area (Å²) in [4.78, 5) is 10.3. The summed E-state index contributed by atoms with van der Waals surface area (Å²) >= 11 is 0. The number of rotatable bonds is 1. The number of aliphatic hydroxyl groups excluding tert-OH is 4. The first-order valence-electron chi connectivity index (χ1n) is 3.53. The minimum Gasteiger partial charge on any atom is -0.547 e. The smallest absolute Gasteiger partial charge is 0.184 e. The minimum atomic E-state index is -1.85. The molecule has 0 spiro atoms. The number of aliphatic carboxylic acids is 1. The highest BCUT2D eigenvalue weighted by molar-refractivity contribution is 5.71. The number of carboxylic acid groups (broad SMARTS) is 1. The highest BCUT2D eigenvalue weighted by Crippen LogP contribution is 2.19. The summed E-state index contributed by atoms with van der Waals surface area (Å²) in [6.45, 7) is 0. The van der Waals surface area contributed by atoms with Gasteiger partial charge in [-0.25, -0.2) is 0 Å². The number of ether oxygens (including phenoxy) is 1. The molecule has 5 atom stereocenters. The standard InChI is InChI=1S/C6H10O7/c7-1-2(8)4(5(10)11)13-6(12)3(1)9/h1-4,6-9,12H,(H,10,11)/p-1/t1-,2+,3?,4?,6?/m0/s1. The van der Waals surface area contributed by atoms with Crippen molar-refractivity contribution in [1.82, 2.24) is 0 Å². The SMILES string of the molecule is O=C([O-])C1OC(O)C(O)[C@@H](O)[C@H]1O. The Morgan fingerprint density at radius 3 is 2.08 bits per heavy atom. The van der Waals surface area contributed by atoms with E-state index in [9.17, 15) is 9.90 Å². The van der Waals surface area contributed by atoms with E-state index < -0.39 is 36.7 Å². The second-order valence-electron chi connectivity index (χ2n) is 2.74. The van der Waals surface area contributed by atoms with E-state index in [0.717, 1.165) is 0 Å². The van der Waals surface area contributed by atoms with E-state index in [4.69, 9.17) is 20.4 Å². The molecule has 0 saturated carbocycles. The molecule has 1 fully saturated rings. The Labute approximate surface area is 72.8 Å². The molecule has 4 N–H and O–H groups in total. The number of carboxylic acids is 1. The van der Waals surface area contributed by atoms with Gasteiger partial charge in [0.15, 0.2) is 6.29 Å². The molecule has 0 amide bonds. The van der Waals surface area contributed by atoms with Crippen LogP contribution >= 0.6 is 0 Å². The lowest BCUT2D eigenvalue weighted by Crippen LogP contribution is -2.62. The first kappa shape index (κ1) is 10.4. The van der Waals surface area contributed by atoms with E-state index in [2.05, 4.69) is 4.74 Å². The van der Waals surface area contributed by atoms with E-state index in [1.165, 1.54) is 0 Å². The van der Waals surface area contributed by atoms with Gasteiger partial charge in [0.05, 0.1) is 5.97 Å². The van der Waals surface area contributed by atoms with E-state index in [-0.39, 0.29) is 0 Å². The number of carbonyl (C=O) groups excluding carboxylic acids is 1. The fraction of sp³-hybridized carbons (Fsp3) is 0.833. The maximum absolute atomic E-state index is 10.3. The van der Waals surface area contributed by atoms with Gasteiger partial charge in [0, 0.05) is 0 Å². The van der Waals surface area contributed by atoms with Crippen molar-refractivity contribution in [1.29, 1.82) is 0 Å². The Hall–Kier alpha value is -0.730. The van der Waals surface area contributed by atoms with Crippen LogP contribution in [0.4, 0.5) is 0 Å². The second kappa shape index (κ2) is 3.56. The number of hydrogen-bond acceptors (Lipinski definition) is 7. The van der Waals surface area contributed by atoms with Gasteiger partial charge in [-0.3, -0.25) is 0 Å². The molecule has 0 aromatic rings. The molecule has 0 aromatic heterocycles. The molecule has 1 aliphatic heterocycles. The minimum absolute atomic E-state index is 1.73. The Morgan fingerprint density at radius 2 is 1.62 bits per heavy atom. The largest absolute Gasteiger partial charge is 0.547 e. The van der Waals surface area contributed by atoms with Crippen LogP contribution < -0.4 is 5.11 Å². The molecular weight excluding hydrogens is 184 g/mol. The van der Waals surface area contributed by atoms with Gasteiger partial charge in [0.25, 0.3) is 0 Å². The van der Waals surface area contributed by atoms with Crippen molar-refractivity contribution in [2.45, 2.75) is 30.7 Å². The topological polar surface area (TPSA) is 130 Å². The first-order chi connectivity index (χ1) is 5.95. The van der Waals surface area contributed by atoms with Gasteiger partial charge < -0.3 is 35.1 Å². The van der Waals surface area contributed by atoms with Crippen LogP contribution in [0.2, 0.25) is 0 Å². The van der Waals surface area contributed by atoms with Crippen molar-refractivity contribution >= 4 is 5.97 Å². The zero-order valence-electron chi connectivity index (χ0n) is 6.40. The lowest BCUT2D eigenvalue weighted by molar-refractivity contribution is -0.345. The van der Waals surface area contributed by atoms with Crippen LogP contribution in [0, 0.1) is 0 Å². The quantitative estimate of drug-likeness (QED) is 0.330. The molecule has 0 aromatic carbocycles. The molecule has 3 unspecified atom stereocenters. The van der Waals surface area contributed by atoms with Gasteiger partial charge >= 0.3 is 0 Å². The molecule has 13 heavy (non-hydrogen) atoms. The summed E-state index contributed by atoms with van der Waals surface area (Å²) in [6, 6.07) is 0. The van der Waals surface area contributed by atoms with E-state index in [0.29, 0.717) is 0 Å². The summed E-state index contributed by atoms with van der Waals surface area (Å²) in [6.07, 6.45) is -9.00. The third-order valence-electron chi connectivity index (χ3n) is 1.82. The summed E-state index contributed by atoms with van der Waals surface area (Å²) < 4.78 is 4.28. The van der Waals surface area contributed by atoms with Gasteiger partial charge in [-0.1, -0.05) is 0 Å². The van der Waals surface area contributed by atoms with Crippen molar-refractivity contribution in [2.24, 2.45) is 0 Å². The molecule has 1 aliphatic rings. The Balaban J connectivity index is 2.76. The molecule has 0 bridgehead atoms. The lowest BCUT2D eigenvalue weighted by atomic mass is 9.99. The third-order valence-corrected chi connectivity index (χ3v) is 1.82. The van der Waals surface area contributed by atoms with Crippen molar-refractivity contribution in [3.8, 4) is 0 Å². The normalized spacial score (nSPS) is 46.0. The third kappa shape index (κ3) is 1.79. The summed E-state index contributed by atoms with van der Waals surface area (Å²) in [5, 5.41) is 46.1. The molecule has 1 heterocycles. The summed E-state index contributed by atoms with van der Waals surface area (Å²) in [7, 11) is 0. The molecule has 7 heteroatoms. The van der Waals surface area contributed by atoms with Gasteiger partial charge in [0.2, 0.25) is 0 Å². The molecule has 0 radical (unpaired) electrons. The zero-order valence-corrected chi connectivity index (χ0v) is 6.40. The predicted molar refractivity (Wildman–Crippen MR) is 33.9 cm³/mol. The van der Waals surface area contributed by atoms with E-state index >= 15 is 0 Å². The fourth-order valence-corrected chi connectivity index (χ4v) is 1.06. The average molecular weight is 193 g/mol. The molecule has 0 aliphatic carbocycles. The second-order valence-corrected chi connectivity index (χ2v) is 2.74. The van der Waals surface area contributed by atoms with Crippen LogP contribution in [-0.2, 0) is 9.53 Å². The predicted octanol–water partition coefficient (Wildman–Crippen LogP) is -4.46. The van der Waals surface area contributed by atoms with E-state index in [1.54, 1.807) is 0 Å². The fourth-order valence-electron chi connectivity index (χ4n) is 1.06. The molecule has 7 nitrogen and oxygen atoms in total. The van der Waals surface area contributed by atoms with Crippen molar-refractivity contribution in [3.05, 3.63) is 0 Å². The van der Waals surface area contributed by atoms with Gasteiger partial charge in [-0.2, -0.15) is 0 Å². The van der Waals surface area contributed by atoms with Crippen LogP contribution in [-0.4, -0.2) is 57.1 Å². The molecule has 1 saturated heterocycles. The van der Waals surface area contributed by atoms with Crippen LogP contribution in [0.5, 0.6) is 0 Å². The monoisotopic (exact) mass is 193 g/mol. The van der Waals surface area contributed by atoms with Crippen molar-refractivity contribution < 1.29 is 35.1 Å². The zero-order chi connectivity index (χ0) is 10.2. The van der Waals surface area contributed by atoms with Crippen LogP contribution in [0.1, 0.15) is 0 Å². The van der Waals surface area contributed by atoms with Crippen LogP contribution in [0.25, 0.3) is 0 Å². The highest BCUT2D eigenvalue weighted by atomic mass is 16.6. The maximum atomic E-state index is 10.3. The maximum Gasteiger partial charge on any atom is 0.184 e. The summed E-state index contributed by atoms with van der Waals surface area (Å²) in [5.41, 5.74) is 0. The highest BCUT2D eigenvalue weighted by Gasteiger charge is 2.43. The van der Waals surface area contributed by atoms with E-state index in [1.807, 2.05) is 0 Å². The van der Waals surface area contributed by atoms with Gasteiger partial charge in [-0.05, 0) is 0 Å².